The van der Waals surface area contributed by atoms with Gasteiger partial charge in [-0.25, -0.2) is 0 Å². The van der Waals surface area contributed by atoms with E-state index < -0.39 is 0 Å². The zero-order chi connectivity index (χ0) is 16.2. The van der Waals surface area contributed by atoms with Crippen LogP contribution in [0.3, 0.4) is 0 Å². The van der Waals surface area contributed by atoms with E-state index in [2.05, 4.69) is 5.32 Å². The summed E-state index contributed by atoms with van der Waals surface area (Å²) >= 11 is 0. The highest BCUT2D eigenvalue weighted by molar-refractivity contribution is 5.92. The molecular formula is C17H26N2O3. The van der Waals surface area contributed by atoms with Crippen LogP contribution in [0, 0.1) is 0 Å². The second-order valence-electron chi connectivity index (χ2n) is 5.04. The molecule has 0 spiro atoms. The minimum atomic E-state index is -0.00772. The van der Waals surface area contributed by atoms with E-state index in [0.29, 0.717) is 39.0 Å². The van der Waals surface area contributed by atoms with Gasteiger partial charge in [0, 0.05) is 45.3 Å². The summed E-state index contributed by atoms with van der Waals surface area (Å²) in [5, 5.41) is 2.83. The summed E-state index contributed by atoms with van der Waals surface area (Å²) < 4.78 is 5.19. The van der Waals surface area contributed by atoms with Gasteiger partial charge in [0.2, 0.25) is 11.8 Å². The largest absolute Gasteiger partial charge is 0.382 e. The minimum absolute atomic E-state index is 0.00772. The molecule has 122 valence electrons. The van der Waals surface area contributed by atoms with E-state index in [-0.39, 0.29) is 11.8 Å². The molecule has 0 aliphatic rings. The predicted molar refractivity (Wildman–Crippen MR) is 87.8 cm³/mol. The highest BCUT2D eigenvalue weighted by atomic mass is 16.5. The van der Waals surface area contributed by atoms with Crippen LogP contribution in [0.25, 0.3) is 0 Å². The van der Waals surface area contributed by atoms with Crippen molar-refractivity contribution < 1.29 is 14.3 Å². The molecular weight excluding hydrogens is 280 g/mol. The first-order chi connectivity index (χ1) is 10.6. The molecule has 0 aromatic heterocycles. The fourth-order valence-corrected chi connectivity index (χ4v) is 2.00. The van der Waals surface area contributed by atoms with Gasteiger partial charge in [-0.3, -0.25) is 9.59 Å². The van der Waals surface area contributed by atoms with E-state index in [4.69, 9.17) is 4.74 Å². The van der Waals surface area contributed by atoms with Gasteiger partial charge in [0.05, 0.1) is 0 Å². The Kier molecular flexibility index (Phi) is 8.91. The van der Waals surface area contributed by atoms with Crippen molar-refractivity contribution >= 4 is 17.5 Å². The van der Waals surface area contributed by atoms with E-state index in [9.17, 15) is 9.59 Å². The van der Waals surface area contributed by atoms with Crippen LogP contribution in [0.1, 0.15) is 32.6 Å². The first-order valence-corrected chi connectivity index (χ1v) is 7.81. The number of rotatable bonds is 10. The summed E-state index contributed by atoms with van der Waals surface area (Å²) in [6.07, 6.45) is 2.13. The van der Waals surface area contributed by atoms with Crippen LogP contribution in [0.15, 0.2) is 30.3 Å². The van der Waals surface area contributed by atoms with Gasteiger partial charge in [0.25, 0.3) is 0 Å². The van der Waals surface area contributed by atoms with Crippen molar-refractivity contribution in [2.75, 3.05) is 31.7 Å². The molecule has 0 aliphatic carbocycles. The Balaban J connectivity index is 2.15. The summed E-state index contributed by atoms with van der Waals surface area (Å²) in [6.45, 7) is 3.93. The van der Waals surface area contributed by atoms with Crippen LogP contribution in [0.4, 0.5) is 5.69 Å². The van der Waals surface area contributed by atoms with Crippen molar-refractivity contribution in [2.24, 2.45) is 0 Å². The number of carbonyl (C=O) groups excluding carboxylic acids is 2. The zero-order valence-corrected chi connectivity index (χ0v) is 13.5. The normalized spacial score (nSPS) is 10.3. The van der Waals surface area contributed by atoms with Crippen LogP contribution in [0.5, 0.6) is 0 Å². The minimum Gasteiger partial charge on any atom is -0.382 e. The number of ether oxygens (including phenoxy) is 1. The molecule has 5 nitrogen and oxygen atoms in total. The second-order valence-corrected chi connectivity index (χ2v) is 5.04. The van der Waals surface area contributed by atoms with Crippen molar-refractivity contribution in [1.82, 2.24) is 5.32 Å². The number of nitrogens with zero attached hydrogens (tertiary/aromatic N) is 1. The third-order valence-corrected chi connectivity index (χ3v) is 3.30. The molecule has 0 saturated heterocycles. The molecule has 0 heterocycles. The lowest BCUT2D eigenvalue weighted by Gasteiger charge is -2.17. The molecule has 0 atom stereocenters. The van der Waals surface area contributed by atoms with Crippen molar-refractivity contribution in [2.45, 2.75) is 32.6 Å². The van der Waals surface area contributed by atoms with Crippen LogP contribution in [0.2, 0.25) is 0 Å². The van der Waals surface area contributed by atoms with Crippen LogP contribution >= 0.6 is 0 Å². The highest BCUT2D eigenvalue weighted by Gasteiger charge is 2.11. The van der Waals surface area contributed by atoms with Crippen LogP contribution in [-0.2, 0) is 14.3 Å². The number of amides is 2. The molecule has 5 heteroatoms. The Morgan fingerprint density at radius 1 is 1.14 bits per heavy atom. The number of nitrogens with one attached hydrogen (secondary N) is 1. The third kappa shape index (κ3) is 7.22. The Labute approximate surface area is 132 Å². The van der Waals surface area contributed by atoms with E-state index in [1.54, 1.807) is 11.9 Å². The molecule has 0 unspecified atom stereocenters. The number of anilines is 1. The standard InChI is InChI=1S/C17H26N2O3/c1-3-22-14-8-13-18-16(20)11-7-12-17(21)19(2)15-9-5-4-6-10-15/h4-6,9-10H,3,7-8,11-14H2,1-2H3,(H,18,20). The molecule has 0 radical (unpaired) electrons. The first-order valence-electron chi connectivity index (χ1n) is 7.81. The third-order valence-electron chi connectivity index (χ3n) is 3.30. The lowest BCUT2D eigenvalue weighted by molar-refractivity contribution is -0.121. The predicted octanol–water partition coefficient (Wildman–Crippen LogP) is 2.36. The van der Waals surface area contributed by atoms with E-state index >= 15 is 0 Å². The number of hydrogen-bond acceptors (Lipinski definition) is 3. The Morgan fingerprint density at radius 2 is 1.86 bits per heavy atom. The summed E-state index contributed by atoms with van der Waals surface area (Å²) in [5.74, 6) is 0.0157. The number of benzene rings is 1. The maximum Gasteiger partial charge on any atom is 0.226 e. The maximum atomic E-state index is 12.0. The highest BCUT2D eigenvalue weighted by Crippen LogP contribution is 2.13. The van der Waals surface area contributed by atoms with Crippen molar-refractivity contribution in [3.05, 3.63) is 30.3 Å². The fourth-order valence-electron chi connectivity index (χ4n) is 2.00. The molecule has 0 fully saturated rings. The van der Waals surface area contributed by atoms with Gasteiger partial charge in [0.1, 0.15) is 0 Å². The van der Waals surface area contributed by atoms with E-state index in [0.717, 1.165) is 12.1 Å². The molecule has 1 rings (SSSR count). The van der Waals surface area contributed by atoms with Crippen molar-refractivity contribution in [1.29, 1.82) is 0 Å². The topological polar surface area (TPSA) is 58.6 Å². The average Bonchev–Trinajstić information content (AvgIpc) is 2.54. The van der Waals surface area contributed by atoms with Gasteiger partial charge < -0.3 is 15.0 Å². The smallest absolute Gasteiger partial charge is 0.226 e. The second kappa shape index (κ2) is 10.8. The van der Waals surface area contributed by atoms with Gasteiger partial charge in [0.15, 0.2) is 0 Å². The Morgan fingerprint density at radius 3 is 2.55 bits per heavy atom. The van der Waals surface area contributed by atoms with Crippen molar-refractivity contribution in [3.63, 3.8) is 0 Å². The number of hydrogen-bond donors (Lipinski definition) is 1. The van der Waals surface area contributed by atoms with E-state index in [1.807, 2.05) is 37.3 Å². The molecule has 2 amide bonds. The fraction of sp³-hybridized carbons (Fsp3) is 0.529. The molecule has 22 heavy (non-hydrogen) atoms. The van der Waals surface area contributed by atoms with Gasteiger partial charge in [-0.1, -0.05) is 18.2 Å². The molecule has 1 N–H and O–H groups in total. The summed E-state index contributed by atoms with van der Waals surface area (Å²) in [5.41, 5.74) is 0.868. The SMILES string of the molecule is CCOCCCNC(=O)CCCC(=O)N(C)c1ccccc1. The molecule has 0 bridgehead atoms. The summed E-state index contributed by atoms with van der Waals surface area (Å²) in [7, 11) is 1.76. The molecule has 1 aromatic rings. The molecule has 0 saturated carbocycles. The lowest BCUT2D eigenvalue weighted by atomic mass is 10.2. The summed E-state index contributed by atoms with van der Waals surface area (Å²) in [6, 6.07) is 9.49. The lowest BCUT2D eigenvalue weighted by Crippen LogP contribution is -2.27. The van der Waals surface area contributed by atoms with Crippen LogP contribution in [-0.4, -0.2) is 38.6 Å². The first kappa shape index (κ1) is 18.2. The molecule has 0 aliphatic heterocycles. The monoisotopic (exact) mass is 306 g/mol. The summed E-state index contributed by atoms with van der Waals surface area (Å²) in [4.78, 5) is 25.3. The van der Waals surface area contributed by atoms with Gasteiger partial charge in [-0.15, -0.1) is 0 Å². The van der Waals surface area contributed by atoms with Gasteiger partial charge >= 0.3 is 0 Å². The number of para-hydroxylation sites is 1. The Bertz CT molecular complexity index is 448. The molecule has 1 aromatic carbocycles. The van der Waals surface area contributed by atoms with Gasteiger partial charge in [-0.2, -0.15) is 0 Å². The zero-order valence-electron chi connectivity index (χ0n) is 13.5. The van der Waals surface area contributed by atoms with Gasteiger partial charge in [-0.05, 0) is 31.9 Å². The quantitative estimate of drug-likeness (QED) is 0.675. The van der Waals surface area contributed by atoms with Crippen LogP contribution < -0.4 is 10.2 Å². The maximum absolute atomic E-state index is 12.0. The van der Waals surface area contributed by atoms with E-state index in [1.165, 1.54) is 0 Å². The Hall–Kier alpha value is -1.88. The number of carbonyl (C=O) groups is 2. The van der Waals surface area contributed by atoms with Crippen molar-refractivity contribution in [3.8, 4) is 0 Å². The average molecular weight is 306 g/mol.